The maximum absolute atomic E-state index is 12.2. The van der Waals surface area contributed by atoms with E-state index in [2.05, 4.69) is 10.0 Å². The second-order valence-electron chi connectivity index (χ2n) is 4.18. The van der Waals surface area contributed by atoms with E-state index in [9.17, 15) is 18.5 Å². The minimum atomic E-state index is -3.96. The molecule has 7 nitrogen and oxygen atoms in total. The lowest BCUT2D eigenvalue weighted by Crippen LogP contribution is -2.36. The summed E-state index contributed by atoms with van der Waals surface area (Å²) in [6.07, 6.45) is 0.646. The molecular formula is C10H13Cl2N3O4S. The van der Waals surface area contributed by atoms with Crippen LogP contribution < -0.4 is 10.0 Å². The van der Waals surface area contributed by atoms with E-state index in [-0.39, 0.29) is 23.5 Å². The van der Waals surface area contributed by atoms with Gasteiger partial charge in [-0.2, -0.15) is 0 Å². The molecule has 0 spiro atoms. The summed E-state index contributed by atoms with van der Waals surface area (Å²) in [4.78, 5) is 9.73. The number of sulfonamides is 1. The fourth-order valence-corrected chi connectivity index (χ4v) is 3.60. The van der Waals surface area contributed by atoms with Crippen molar-refractivity contribution in [1.82, 2.24) is 10.0 Å². The van der Waals surface area contributed by atoms with Crippen molar-refractivity contribution < 1.29 is 13.3 Å². The lowest BCUT2D eigenvalue weighted by Gasteiger charge is -2.12. The molecule has 1 aliphatic rings. The highest BCUT2D eigenvalue weighted by Gasteiger charge is 2.29. The lowest BCUT2D eigenvalue weighted by molar-refractivity contribution is -0.387. The first-order chi connectivity index (χ1) is 8.90. The van der Waals surface area contributed by atoms with E-state index in [0.29, 0.717) is 19.5 Å². The summed E-state index contributed by atoms with van der Waals surface area (Å²) in [6, 6.07) is 3.20. The number of rotatable bonds is 4. The van der Waals surface area contributed by atoms with Crippen LogP contribution in [0.4, 0.5) is 5.69 Å². The van der Waals surface area contributed by atoms with Crippen molar-refractivity contribution in [2.75, 3.05) is 13.1 Å². The van der Waals surface area contributed by atoms with Gasteiger partial charge in [0, 0.05) is 23.7 Å². The Balaban J connectivity index is 0.00000200. The molecule has 0 aromatic heterocycles. The van der Waals surface area contributed by atoms with E-state index in [0.717, 1.165) is 12.1 Å². The lowest BCUT2D eigenvalue weighted by atomic mass is 10.3. The number of halogens is 2. The summed E-state index contributed by atoms with van der Waals surface area (Å²) < 4.78 is 26.8. The Morgan fingerprint density at radius 2 is 2.15 bits per heavy atom. The molecule has 1 aliphatic heterocycles. The summed E-state index contributed by atoms with van der Waals surface area (Å²) in [5.74, 6) is 0. The Bertz CT molecular complexity index is 603. The average Bonchev–Trinajstić information content (AvgIpc) is 2.80. The Morgan fingerprint density at radius 1 is 1.45 bits per heavy atom. The quantitative estimate of drug-likeness (QED) is 0.635. The minimum absolute atomic E-state index is 0. The van der Waals surface area contributed by atoms with Crippen LogP contribution in [-0.2, 0) is 10.0 Å². The van der Waals surface area contributed by atoms with Gasteiger partial charge in [-0.05, 0) is 25.1 Å². The second kappa shape index (κ2) is 6.68. The summed E-state index contributed by atoms with van der Waals surface area (Å²) in [7, 11) is -3.96. The monoisotopic (exact) mass is 341 g/mol. The highest BCUT2D eigenvalue weighted by atomic mass is 35.5. The number of nitrogens with zero attached hydrogens (tertiary/aromatic N) is 1. The van der Waals surface area contributed by atoms with Crippen molar-refractivity contribution in [1.29, 1.82) is 0 Å². The van der Waals surface area contributed by atoms with Gasteiger partial charge in [0.2, 0.25) is 10.0 Å². The predicted molar refractivity (Wildman–Crippen MR) is 77.0 cm³/mol. The molecule has 1 fully saturated rings. The molecule has 1 unspecified atom stereocenters. The first kappa shape index (κ1) is 17.1. The summed E-state index contributed by atoms with van der Waals surface area (Å²) in [6.45, 7) is 1.22. The van der Waals surface area contributed by atoms with Crippen LogP contribution in [0.2, 0.25) is 5.02 Å². The molecular weight excluding hydrogens is 329 g/mol. The van der Waals surface area contributed by atoms with Crippen molar-refractivity contribution >= 4 is 39.7 Å². The van der Waals surface area contributed by atoms with E-state index >= 15 is 0 Å². The van der Waals surface area contributed by atoms with Gasteiger partial charge in [0.25, 0.3) is 5.69 Å². The maximum Gasteiger partial charge on any atom is 0.289 e. The summed E-state index contributed by atoms with van der Waals surface area (Å²) in [5, 5.41) is 14.0. The molecule has 2 N–H and O–H groups in total. The van der Waals surface area contributed by atoms with Gasteiger partial charge >= 0.3 is 0 Å². The van der Waals surface area contributed by atoms with E-state index in [1.165, 1.54) is 6.07 Å². The normalized spacial score (nSPS) is 18.6. The molecule has 1 saturated heterocycles. The molecule has 0 aliphatic carbocycles. The van der Waals surface area contributed by atoms with Gasteiger partial charge in [-0.15, -0.1) is 12.4 Å². The van der Waals surface area contributed by atoms with Crippen LogP contribution in [0, 0.1) is 10.1 Å². The van der Waals surface area contributed by atoms with Gasteiger partial charge in [0.1, 0.15) is 0 Å². The zero-order valence-electron chi connectivity index (χ0n) is 10.2. The van der Waals surface area contributed by atoms with Crippen molar-refractivity contribution in [2.24, 2.45) is 0 Å². The van der Waals surface area contributed by atoms with Crippen LogP contribution in [0.15, 0.2) is 23.1 Å². The SMILES string of the molecule is Cl.O=[N+]([O-])c1ccc(Cl)cc1S(=O)(=O)NC1CCNC1. The molecule has 20 heavy (non-hydrogen) atoms. The Labute approximate surface area is 127 Å². The third-order valence-electron chi connectivity index (χ3n) is 2.79. The van der Waals surface area contributed by atoms with E-state index in [1.807, 2.05) is 0 Å². The number of benzene rings is 1. The van der Waals surface area contributed by atoms with Crippen molar-refractivity contribution in [3.8, 4) is 0 Å². The van der Waals surface area contributed by atoms with Gasteiger partial charge in [0.15, 0.2) is 4.90 Å². The molecule has 1 atom stereocenters. The number of nitro groups is 1. The standard InChI is InChI=1S/C10H12ClN3O4S.ClH/c11-7-1-2-9(14(15)16)10(5-7)19(17,18)13-8-3-4-12-6-8;/h1-2,5,8,12-13H,3-4,6H2;1H. The highest BCUT2D eigenvalue weighted by molar-refractivity contribution is 7.89. The van der Waals surface area contributed by atoms with E-state index in [4.69, 9.17) is 11.6 Å². The molecule has 1 heterocycles. The largest absolute Gasteiger partial charge is 0.315 e. The van der Waals surface area contributed by atoms with Crippen LogP contribution in [-0.4, -0.2) is 32.5 Å². The van der Waals surface area contributed by atoms with Gasteiger partial charge in [0.05, 0.1) is 4.92 Å². The number of hydrogen-bond donors (Lipinski definition) is 2. The van der Waals surface area contributed by atoms with Crippen LogP contribution in [0.25, 0.3) is 0 Å². The third kappa shape index (κ3) is 3.80. The van der Waals surface area contributed by atoms with E-state index < -0.39 is 25.5 Å². The minimum Gasteiger partial charge on any atom is -0.315 e. The second-order valence-corrected chi connectivity index (χ2v) is 6.30. The molecule has 1 aromatic carbocycles. The van der Waals surface area contributed by atoms with Crippen LogP contribution in [0.1, 0.15) is 6.42 Å². The van der Waals surface area contributed by atoms with Crippen LogP contribution in [0.5, 0.6) is 0 Å². The molecule has 0 amide bonds. The predicted octanol–water partition coefficient (Wildman–Crippen LogP) is 1.31. The molecule has 10 heteroatoms. The number of nitro benzene ring substituents is 1. The Morgan fingerprint density at radius 3 is 2.70 bits per heavy atom. The maximum atomic E-state index is 12.2. The first-order valence-corrected chi connectivity index (χ1v) is 7.43. The molecule has 112 valence electrons. The molecule has 0 bridgehead atoms. The first-order valence-electron chi connectivity index (χ1n) is 5.57. The van der Waals surface area contributed by atoms with Gasteiger partial charge in [-0.1, -0.05) is 11.6 Å². The number of nitrogens with one attached hydrogen (secondary N) is 2. The fraction of sp³-hybridized carbons (Fsp3) is 0.400. The van der Waals surface area contributed by atoms with Gasteiger partial charge in [-0.3, -0.25) is 10.1 Å². The molecule has 0 radical (unpaired) electrons. The van der Waals surface area contributed by atoms with Crippen molar-refractivity contribution in [3.05, 3.63) is 33.3 Å². The van der Waals surface area contributed by atoms with Crippen molar-refractivity contribution in [2.45, 2.75) is 17.4 Å². The Hall–Kier alpha value is -0.930. The van der Waals surface area contributed by atoms with Gasteiger partial charge in [-0.25, -0.2) is 13.1 Å². The summed E-state index contributed by atoms with van der Waals surface area (Å²) in [5.41, 5.74) is -0.483. The van der Waals surface area contributed by atoms with Crippen LogP contribution in [0.3, 0.4) is 0 Å². The van der Waals surface area contributed by atoms with E-state index in [1.54, 1.807) is 0 Å². The topological polar surface area (TPSA) is 101 Å². The fourth-order valence-electron chi connectivity index (χ4n) is 1.89. The molecule has 2 rings (SSSR count). The van der Waals surface area contributed by atoms with Gasteiger partial charge < -0.3 is 5.32 Å². The Kier molecular flexibility index (Phi) is 5.72. The molecule has 1 aromatic rings. The summed E-state index contributed by atoms with van der Waals surface area (Å²) >= 11 is 5.72. The zero-order valence-corrected chi connectivity index (χ0v) is 12.6. The van der Waals surface area contributed by atoms with Crippen LogP contribution >= 0.6 is 24.0 Å². The average molecular weight is 342 g/mol. The van der Waals surface area contributed by atoms with Crippen molar-refractivity contribution in [3.63, 3.8) is 0 Å². The zero-order chi connectivity index (χ0) is 14.0. The number of hydrogen-bond acceptors (Lipinski definition) is 5. The molecule has 0 saturated carbocycles. The smallest absolute Gasteiger partial charge is 0.289 e. The third-order valence-corrected chi connectivity index (χ3v) is 4.57. The highest BCUT2D eigenvalue weighted by Crippen LogP contribution is 2.27.